The Bertz CT molecular complexity index is 374. The van der Waals surface area contributed by atoms with E-state index in [0.29, 0.717) is 0 Å². The van der Waals surface area contributed by atoms with E-state index in [1.165, 1.54) is 7.11 Å². The number of ether oxygens (including phenoxy) is 1. The SMILES string of the molecule is COc1cc(F)c(O)cc1N=[N+]=[N-]. The molecule has 0 aliphatic carbocycles. The fourth-order valence-electron chi connectivity index (χ4n) is 0.822. The number of halogens is 1. The normalized spacial score (nSPS) is 9.08. The average molecular weight is 183 g/mol. The summed E-state index contributed by atoms with van der Waals surface area (Å²) in [4.78, 5) is 2.50. The first-order valence-electron chi connectivity index (χ1n) is 3.30. The highest BCUT2D eigenvalue weighted by Gasteiger charge is 2.07. The van der Waals surface area contributed by atoms with Gasteiger partial charge < -0.3 is 9.84 Å². The number of rotatable bonds is 2. The minimum absolute atomic E-state index is 0.0453. The van der Waals surface area contributed by atoms with Crippen molar-refractivity contribution in [3.63, 3.8) is 0 Å². The van der Waals surface area contributed by atoms with Gasteiger partial charge in [-0.2, -0.15) is 0 Å². The molecule has 0 radical (unpaired) electrons. The van der Waals surface area contributed by atoms with Crippen molar-refractivity contribution in [3.8, 4) is 11.5 Å². The van der Waals surface area contributed by atoms with Crippen molar-refractivity contribution >= 4 is 5.69 Å². The number of azide groups is 1. The second kappa shape index (κ2) is 3.64. The lowest BCUT2D eigenvalue weighted by molar-refractivity contribution is 0.400. The number of nitrogens with zero attached hydrogens (tertiary/aromatic N) is 3. The van der Waals surface area contributed by atoms with Crippen LogP contribution in [-0.2, 0) is 0 Å². The van der Waals surface area contributed by atoms with Gasteiger partial charge in [-0.3, -0.25) is 0 Å². The van der Waals surface area contributed by atoms with Crippen molar-refractivity contribution in [1.82, 2.24) is 0 Å². The van der Waals surface area contributed by atoms with E-state index in [9.17, 15) is 4.39 Å². The van der Waals surface area contributed by atoms with Gasteiger partial charge in [0.05, 0.1) is 12.8 Å². The van der Waals surface area contributed by atoms with Crippen LogP contribution in [0.15, 0.2) is 17.2 Å². The number of aromatic hydroxyl groups is 1. The average Bonchev–Trinajstić information content (AvgIpc) is 2.11. The molecule has 0 aliphatic heterocycles. The topological polar surface area (TPSA) is 78.2 Å². The highest BCUT2D eigenvalue weighted by molar-refractivity contribution is 5.55. The zero-order valence-corrected chi connectivity index (χ0v) is 6.73. The number of hydrogen-bond acceptors (Lipinski definition) is 3. The van der Waals surface area contributed by atoms with Gasteiger partial charge >= 0.3 is 0 Å². The fourth-order valence-corrected chi connectivity index (χ4v) is 0.822. The summed E-state index contributed by atoms with van der Waals surface area (Å²) in [5.41, 5.74) is 8.17. The van der Waals surface area contributed by atoms with E-state index in [-0.39, 0.29) is 11.4 Å². The third-order valence-electron chi connectivity index (χ3n) is 1.40. The monoisotopic (exact) mass is 183 g/mol. The maximum Gasteiger partial charge on any atom is 0.168 e. The zero-order valence-electron chi connectivity index (χ0n) is 6.73. The molecule has 5 nitrogen and oxygen atoms in total. The van der Waals surface area contributed by atoms with E-state index in [0.717, 1.165) is 12.1 Å². The number of hydrogen-bond donors (Lipinski definition) is 1. The molecule has 0 amide bonds. The molecule has 0 unspecified atom stereocenters. The van der Waals surface area contributed by atoms with Crippen LogP contribution in [0.4, 0.5) is 10.1 Å². The van der Waals surface area contributed by atoms with Crippen LogP contribution in [0.1, 0.15) is 0 Å². The number of methoxy groups -OCH3 is 1. The first-order valence-corrected chi connectivity index (χ1v) is 3.30. The Morgan fingerprint density at radius 2 is 2.31 bits per heavy atom. The standard InChI is InChI=1S/C7H6FN3O2/c1-13-7-2-4(8)6(12)3-5(7)10-11-9/h2-3,12H,1H3. The third kappa shape index (κ3) is 1.80. The van der Waals surface area contributed by atoms with Crippen LogP contribution in [0, 0.1) is 5.82 Å². The molecule has 13 heavy (non-hydrogen) atoms. The van der Waals surface area contributed by atoms with Crippen molar-refractivity contribution in [2.24, 2.45) is 5.11 Å². The first kappa shape index (κ1) is 9.15. The molecule has 68 valence electrons. The molecule has 1 N–H and O–H groups in total. The summed E-state index contributed by atoms with van der Waals surface area (Å²) in [5, 5.41) is 12.1. The van der Waals surface area contributed by atoms with Crippen molar-refractivity contribution in [2.45, 2.75) is 0 Å². The molecule has 6 heteroatoms. The molecule has 1 rings (SSSR count). The zero-order chi connectivity index (χ0) is 9.84. The highest BCUT2D eigenvalue weighted by Crippen LogP contribution is 2.33. The van der Waals surface area contributed by atoms with Crippen molar-refractivity contribution in [2.75, 3.05) is 7.11 Å². The smallest absolute Gasteiger partial charge is 0.168 e. The highest BCUT2D eigenvalue weighted by atomic mass is 19.1. The summed E-state index contributed by atoms with van der Waals surface area (Å²) in [5.74, 6) is -1.33. The Hall–Kier alpha value is -1.94. The van der Waals surface area contributed by atoms with Gasteiger partial charge in [0.2, 0.25) is 0 Å². The Labute approximate surface area is 73.0 Å². The summed E-state index contributed by atoms with van der Waals surface area (Å²) in [7, 11) is 1.31. The van der Waals surface area contributed by atoms with Crippen LogP contribution >= 0.6 is 0 Å². The van der Waals surface area contributed by atoms with E-state index in [4.69, 9.17) is 15.4 Å². The second-order valence-electron chi connectivity index (χ2n) is 2.16. The molecule has 0 heterocycles. The lowest BCUT2D eigenvalue weighted by atomic mass is 10.2. The molecule has 0 saturated heterocycles. The van der Waals surface area contributed by atoms with E-state index in [2.05, 4.69) is 10.0 Å². The second-order valence-corrected chi connectivity index (χ2v) is 2.16. The van der Waals surface area contributed by atoms with Gasteiger partial charge in [0, 0.05) is 11.0 Å². The van der Waals surface area contributed by atoms with E-state index in [1.807, 2.05) is 0 Å². The van der Waals surface area contributed by atoms with Gasteiger partial charge in [0.15, 0.2) is 11.6 Å². The van der Waals surface area contributed by atoms with Gasteiger partial charge in [-0.05, 0) is 11.6 Å². The molecular weight excluding hydrogens is 177 g/mol. The molecule has 0 aliphatic rings. The minimum Gasteiger partial charge on any atom is -0.505 e. The molecule has 0 aromatic heterocycles. The molecule has 1 aromatic carbocycles. The lowest BCUT2D eigenvalue weighted by Gasteiger charge is -2.04. The van der Waals surface area contributed by atoms with Crippen LogP contribution in [0.25, 0.3) is 10.4 Å². The van der Waals surface area contributed by atoms with Gasteiger partial charge in [0.25, 0.3) is 0 Å². The van der Waals surface area contributed by atoms with Crippen LogP contribution in [0.5, 0.6) is 11.5 Å². The molecule has 0 saturated carbocycles. The van der Waals surface area contributed by atoms with Crippen LogP contribution in [-0.4, -0.2) is 12.2 Å². The Kier molecular flexibility index (Phi) is 2.56. The van der Waals surface area contributed by atoms with Crippen molar-refractivity contribution in [3.05, 3.63) is 28.4 Å². The molecular formula is C7H6FN3O2. The largest absolute Gasteiger partial charge is 0.505 e. The summed E-state index contributed by atoms with van der Waals surface area (Å²) < 4.78 is 17.4. The van der Waals surface area contributed by atoms with E-state index in [1.54, 1.807) is 0 Å². The Balaban J connectivity index is 3.32. The van der Waals surface area contributed by atoms with Crippen LogP contribution in [0.3, 0.4) is 0 Å². The lowest BCUT2D eigenvalue weighted by Crippen LogP contribution is -1.85. The number of phenols is 1. The molecule has 1 aromatic rings. The van der Waals surface area contributed by atoms with Crippen LogP contribution < -0.4 is 4.74 Å². The van der Waals surface area contributed by atoms with Crippen molar-refractivity contribution < 1.29 is 14.2 Å². The Morgan fingerprint density at radius 3 is 2.85 bits per heavy atom. The van der Waals surface area contributed by atoms with E-state index >= 15 is 0 Å². The predicted molar refractivity (Wildman–Crippen MR) is 43.4 cm³/mol. The van der Waals surface area contributed by atoms with Gasteiger partial charge in [0.1, 0.15) is 5.75 Å². The predicted octanol–water partition coefficient (Wildman–Crippen LogP) is 2.48. The molecule has 0 fully saturated rings. The van der Waals surface area contributed by atoms with Crippen LogP contribution in [0.2, 0.25) is 0 Å². The quantitative estimate of drug-likeness (QED) is 0.434. The third-order valence-corrected chi connectivity index (χ3v) is 1.40. The van der Waals surface area contributed by atoms with Gasteiger partial charge in [-0.1, -0.05) is 5.11 Å². The maximum absolute atomic E-state index is 12.7. The minimum atomic E-state index is -0.825. The summed E-state index contributed by atoms with van der Waals surface area (Å²) in [6.07, 6.45) is 0. The Morgan fingerprint density at radius 1 is 1.62 bits per heavy atom. The summed E-state index contributed by atoms with van der Waals surface area (Å²) >= 11 is 0. The first-order chi connectivity index (χ1) is 6.19. The number of phenolic OH excluding ortho intramolecular Hbond substituents is 1. The van der Waals surface area contributed by atoms with E-state index < -0.39 is 11.6 Å². The molecule has 0 spiro atoms. The summed E-state index contributed by atoms with van der Waals surface area (Å²) in [6.45, 7) is 0. The fraction of sp³-hybridized carbons (Fsp3) is 0.143. The molecule has 0 atom stereocenters. The van der Waals surface area contributed by atoms with Crippen molar-refractivity contribution in [1.29, 1.82) is 0 Å². The molecule has 0 bridgehead atoms. The number of benzene rings is 1. The van der Waals surface area contributed by atoms with Gasteiger partial charge in [-0.15, -0.1) is 0 Å². The summed E-state index contributed by atoms with van der Waals surface area (Å²) in [6, 6.07) is 1.94. The maximum atomic E-state index is 12.7. The van der Waals surface area contributed by atoms with Gasteiger partial charge in [-0.25, -0.2) is 4.39 Å².